The molecule has 1 fully saturated rings. The molecule has 5 heteroatoms. The molecule has 1 rings (SSSR count). The van der Waals surface area contributed by atoms with E-state index in [4.69, 9.17) is 0 Å². The van der Waals surface area contributed by atoms with Gasteiger partial charge in [0.15, 0.2) is 0 Å². The van der Waals surface area contributed by atoms with Crippen LogP contribution in [0.3, 0.4) is 0 Å². The molecule has 0 aliphatic carbocycles. The van der Waals surface area contributed by atoms with Gasteiger partial charge in [-0.15, -0.1) is 0 Å². The molecule has 1 aliphatic heterocycles. The molecule has 0 atom stereocenters. The van der Waals surface area contributed by atoms with E-state index in [9.17, 15) is 14.8 Å². The lowest BCUT2D eigenvalue weighted by molar-refractivity contribution is -0.251. The molecule has 0 unspecified atom stereocenters. The summed E-state index contributed by atoms with van der Waals surface area (Å²) >= 11 is 0. The Bertz CT molecular complexity index is 280. The fourth-order valence-corrected chi connectivity index (χ4v) is 2.58. The van der Waals surface area contributed by atoms with Crippen molar-refractivity contribution in [3.63, 3.8) is 0 Å². The second-order valence-electron chi connectivity index (χ2n) is 5.57. The largest absolute Gasteiger partial charge is 0.395 e. The number of carbonyl (C=O) groups excluding carboxylic acids is 2. The standard InChI is InChI=1S/C11H19NO4/c1-10(2)5-8(9(14)16-7-13)6-11(3,4)12(10)15/h7-8,15H,5-6H2,1-4H3. The normalized spacial score (nSPS) is 25.1. The number of rotatable bonds is 2. The van der Waals surface area contributed by atoms with Gasteiger partial charge < -0.3 is 9.94 Å². The molecule has 0 radical (unpaired) electrons. The monoisotopic (exact) mass is 229 g/mol. The van der Waals surface area contributed by atoms with Gasteiger partial charge in [0, 0.05) is 11.1 Å². The summed E-state index contributed by atoms with van der Waals surface area (Å²) in [6.45, 7) is 7.59. The molecular formula is C11H19NO4. The van der Waals surface area contributed by atoms with Gasteiger partial charge in [-0.1, -0.05) is 0 Å². The maximum absolute atomic E-state index is 11.5. The highest BCUT2D eigenvalue weighted by atomic mass is 16.6. The lowest BCUT2D eigenvalue weighted by Gasteiger charge is -2.50. The summed E-state index contributed by atoms with van der Waals surface area (Å²) in [6.07, 6.45) is 0.944. The molecule has 5 nitrogen and oxygen atoms in total. The first kappa shape index (κ1) is 13.1. The first-order chi connectivity index (χ1) is 7.20. The number of esters is 1. The zero-order valence-electron chi connectivity index (χ0n) is 10.2. The van der Waals surface area contributed by atoms with Crippen LogP contribution in [0.2, 0.25) is 0 Å². The van der Waals surface area contributed by atoms with Crippen molar-refractivity contribution >= 4 is 12.4 Å². The minimum absolute atomic E-state index is 0.160. The molecule has 0 spiro atoms. The van der Waals surface area contributed by atoms with E-state index in [1.807, 2.05) is 27.7 Å². The number of nitrogens with zero attached hydrogens (tertiary/aromatic N) is 1. The third-order valence-corrected chi connectivity index (χ3v) is 3.14. The average molecular weight is 229 g/mol. The molecule has 0 aromatic carbocycles. The number of hydrogen-bond donors (Lipinski definition) is 1. The summed E-state index contributed by atoms with van der Waals surface area (Å²) in [6, 6.07) is 0. The van der Waals surface area contributed by atoms with Crippen LogP contribution in [0.1, 0.15) is 40.5 Å². The van der Waals surface area contributed by atoms with E-state index >= 15 is 0 Å². The van der Waals surface area contributed by atoms with Crippen molar-refractivity contribution in [3.05, 3.63) is 0 Å². The highest BCUT2D eigenvalue weighted by molar-refractivity contribution is 5.79. The molecule has 0 aromatic heterocycles. The Morgan fingerprint density at radius 3 is 2.12 bits per heavy atom. The molecule has 1 aliphatic rings. The van der Waals surface area contributed by atoms with Crippen LogP contribution in [0.25, 0.3) is 0 Å². The third-order valence-electron chi connectivity index (χ3n) is 3.14. The lowest BCUT2D eigenvalue weighted by atomic mass is 9.75. The van der Waals surface area contributed by atoms with E-state index in [1.165, 1.54) is 5.06 Å². The van der Waals surface area contributed by atoms with Crippen molar-refractivity contribution in [1.82, 2.24) is 5.06 Å². The Hall–Kier alpha value is -0.940. The molecular weight excluding hydrogens is 210 g/mol. The first-order valence-corrected chi connectivity index (χ1v) is 5.34. The van der Waals surface area contributed by atoms with Crippen LogP contribution >= 0.6 is 0 Å². The summed E-state index contributed by atoms with van der Waals surface area (Å²) in [7, 11) is 0. The Morgan fingerprint density at radius 1 is 1.31 bits per heavy atom. The van der Waals surface area contributed by atoms with E-state index < -0.39 is 17.0 Å². The molecule has 0 aromatic rings. The highest BCUT2D eigenvalue weighted by Crippen LogP contribution is 2.40. The van der Waals surface area contributed by atoms with Gasteiger partial charge in [0.05, 0.1) is 5.92 Å². The predicted octanol–water partition coefficient (Wildman–Crippen LogP) is 1.34. The maximum atomic E-state index is 11.5. The number of ether oxygens (including phenoxy) is 1. The van der Waals surface area contributed by atoms with Crippen molar-refractivity contribution in [3.8, 4) is 0 Å². The van der Waals surface area contributed by atoms with Gasteiger partial charge in [-0.05, 0) is 40.5 Å². The van der Waals surface area contributed by atoms with Crippen LogP contribution in [0, 0.1) is 5.92 Å². The number of hydroxylamine groups is 2. The van der Waals surface area contributed by atoms with E-state index in [0.29, 0.717) is 12.8 Å². The van der Waals surface area contributed by atoms with Gasteiger partial charge in [-0.3, -0.25) is 9.59 Å². The molecule has 92 valence electrons. The molecule has 0 bridgehead atoms. The van der Waals surface area contributed by atoms with Gasteiger partial charge in [-0.25, -0.2) is 0 Å². The molecule has 16 heavy (non-hydrogen) atoms. The molecule has 1 saturated heterocycles. The van der Waals surface area contributed by atoms with Crippen LogP contribution < -0.4 is 0 Å². The number of carbonyl (C=O) groups is 2. The zero-order valence-corrected chi connectivity index (χ0v) is 10.2. The van der Waals surface area contributed by atoms with Gasteiger partial charge in [0.1, 0.15) is 0 Å². The highest BCUT2D eigenvalue weighted by Gasteiger charge is 2.47. The quantitative estimate of drug-likeness (QED) is 0.440. The van der Waals surface area contributed by atoms with Crippen LogP contribution in [0.5, 0.6) is 0 Å². The van der Waals surface area contributed by atoms with Crippen molar-refractivity contribution in [1.29, 1.82) is 0 Å². The molecule has 0 saturated carbocycles. The van der Waals surface area contributed by atoms with E-state index in [-0.39, 0.29) is 12.4 Å². The molecule has 1 heterocycles. The van der Waals surface area contributed by atoms with E-state index in [1.54, 1.807) is 0 Å². The minimum atomic E-state index is -0.510. The van der Waals surface area contributed by atoms with Crippen LogP contribution in [0.15, 0.2) is 0 Å². The molecule has 1 N–H and O–H groups in total. The Balaban J connectivity index is 2.86. The van der Waals surface area contributed by atoms with Crippen molar-refractivity contribution in [2.45, 2.75) is 51.6 Å². The maximum Gasteiger partial charge on any atom is 0.316 e. The summed E-state index contributed by atoms with van der Waals surface area (Å²) in [5, 5.41) is 11.3. The van der Waals surface area contributed by atoms with Gasteiger partial charge in [0.25, 0.3) is 0 Å². The van der Waals surface area contributed by atoms with E-state index in [0.717, 1.165) is 0 Å². The summed E-state index contributed by atoms with van der Waals surface area (Å²) < 4.78 is 4.38. The Morgan fingerprint density at radius 2 is 1.75 bits per heavy atom. The summed E-state index contributed by atoms with van der Waals surface area (Å²) in [4.78, 5) is 21.7. The molecule has 0 amide bonds. The zero-order chi connectivity index (χ0) is 12.6. The summed E-state index contributed by atoms with van der Waals surface area (Å²) in [5.74, 6) is -0.858. The second kappa shape index (κ2) is 4.14. The fourth-order valence-electron chi connectivity index (χ4n) is 2.58. The average Bonchev–Trinajstić information content (AvgIpc) is 2.13. The number of piperidine rings is 1. The Labute approximate surface area is 95.3 Å². The topological polar surface area (TPSA) is 66.8 Å². The van der Waals surface area contributed by atoms with Gasteiger partial charge >= 0.3 is 12.4 Å². The lowest BCUT2D eigenvalue weighted by Crippen LogP contribution is -2.60. The van der Waals surface area contributed by atoms with Crippen molar-refractivity contribution in [2.24, 2.45) is 5.92 Å². The minimum Gasteiger partial charge on any atom is -0.395 e. The predicted molar refractivity (Wildman–Crippen MR) is 56.7 cm³/mol. The first-order valence-electron chi connectivity index (χ1n) is 5.34. The van der Waals surface area contributed by atoms with Crippen LogP contribution in [-0.4, -0.2) is 33.8 Å². The van der Waals surface area contributed by atoms with Crippen LogP contribution in [0.4, 0.5) is 0 Å². The van der Waals surface area contributed by atoms with Gasteiger partial charge in [0.2, 0.25) is 0 Å². The Kier molecular flexibility index (Phi) is 3.40. The summed E-state index contributed by atoms with van der Waals surface area (Å²) in [5.41, 5.74) is -1.01. The van der Waals surface area contributed by atoms with E-state index in [2.05, 4.69) is 4.74 Å². The van der Waals surface area contributed by atoms with Crippen molar-refractivity contribution < 1.29 is 19.5 Å². The third kappa shape index (κ3) is 2.41. The van der Waals surface area contributed by atoms with Crippen LogP contribution in [-0.2, 0) is 14.3 Å². The van der Waals surface area contributed by atoms with Crippen molar-refractivity contribution in [2.75, 3.05) is 0 Å². The number of hydrogen-bond acceptors (Lipinski definition) is 5. The van der Waals surface area contributed by atoms with Gasteiger partial charge in [-0.2, -0.15) is 5.06 Å². The fraction of sp³-hybridized carbons (Fsp3) is 0.818. The second-order valence-corrected chi connectivity index (χ2v) is 5.57. The smallest absolute Gasteiger partial charge is 0.316 e. The SMILES string of the molecule is CC1(C)CC(C(=O)OC=O)CC(C)(C)N1O.